The van der Waals surface area contributed by atoms with Crippen LogP contribution in [0.25, 0.3) is 16.8 Å². The molecule has 1 saturated heterocycles. The van der Waals surface area contributed by atoms with Crippen LogP contribution in [-0.4, -0.2) is 46.0 Å². The van der Waals surface area contributed by atoms with Crippen LogP contribution in [0, 0.1) is 11.6 Å². The number of nitrogen functional groups attached to an aromatic ring is 1. The Balaban J connectivity index is 1.59. The number of nitrogens with zero attached hydrogens (tertiary/aromatic N) is 4. The molecule has 0 bridgehead atoms. The first kappa shape index (κ1) is 23.7. The van der Waals surface area contributed by atoms with Crippen molar-refractivity contribution in [2.75, 3.05) is 30.8 Å². The molecule has 1 aliphatic rings. The fourth-order valence-corrected chi connectivity index (χ4v) is 4.93. The third-order valence-corrected chi connectivity index (χ3v) is 6.78. The quantitative estimate of drug-likeness (QED) is 0.396. The van der Waals surface area contributed by atoms with Gasteiger partial charge in [-0.15, -0.1) is 0 Å². The lowest BCUT2D eigenvalue weighted by Gasteiger charge is -2.40. The smallest absolute Gasteiger partial charge is 0.241 e. The Kier molecular flexibility index (Phi) is 6.05. The zero-order chi connectivity index (χ0) is 25.4. The van der Waals surface area contributed by atoms with Crippen LogP contribution in [0.3, 0.4) is 0 Å². The zero-order valence-electron chi connectivity index (χ0n) is 19.8. The number of amides is 1. The van der Waals surface area contributed by atoms with E-state index < -0.39 is 17.2 Å². The van der Waals surface area contributed by atoms with Gasteiger partial charge in [0.15, 0.2) is 23.1 Å². The molecule has 2 aromatic heterocycles. The molecule has 5 N–H and O–H groups in total. The van der Waals surface area contributed by atoms with Crippen LogP contribution in [0.15, 0.2) is 55.0 Å². The van der Waals surface area contributed by atoms with E-state index in [0.717, 1.165) is 41.5 Å². The number of anilines is 2. The van der Waals surface area contributed by atoms with Crippen molar-refractivity contribution in [3.05, 3.63) is 77.9 Å². The Morgan fingerprint density at radius 1 is 1.14 bits per heavy atom. The van der Waals surface area contributed by atoms with Gasteiger partial charge in [0, 0.05) is 56.5 Å². The molecular weight excluding hydrogens is 464 g/mol. The van der Waals surface area contributed by atoms with Crippen LogP contribution in [0.4, 0.5) is 20.3 Å². The Hall–Kier alpha value is -4.05. The molecule has 8 nitrogen and oxygen atoms in total. The van der Waals surface area contributed by atoms with Crippen molar-refractivity contribution in [2.24, 2.45) is 5.73 Å². The summed E-state index contributed by atoms with van der Waals surface area (Å²) in [7, 11) is 1.59. The highest BCUT2D eigenvalue weighted by Crippen LogP contribution is 2.33. The molecule has 0 radical (unpaired) electrons. The number of benzene rings is 2. The SMILES string of the molecule is CNC(=O)C1(N)CCCN(c2ccc(-c3ccc(F)c(F)c3)cc2Cc2cnc3c(N)nccn23)C1. The average molecular weight is 492 g/mol. The first-order valence-electron chi connectivity index (χ1n) is 11.7. The molecule has 10 heteroatoms. The monoisotopic (exact) mass is 491 g/mol. The minimum Gasteiger partial charge on any atom is -0.381 e. The van der Waals surface area contributed by atoms with Gasteiger partial charge < -0.3 is 21.7 Å². The Labute approximate surface area is 206 Å². The number of nitrogens with two attached hydrogens (primary N) is 2. The van der Waals surface area contributed by atoms with Gasteiger partial charge in [-0.3, -0.25) is 9.20 Å². The molecule has 1 fully saturated rings. The Morgan fingerprint density at radius 2 is 1.92 bits per heavy atom. The molecule has 4 aromatic rings. The highest BCUT2D eigenvalue weighted by molar-refractivity contribution is 5.87. The molecule has 1 atom stereocenters. The van der Waals surface area contributed by atoms with Gasteiger partial charge in [0.25, 0.3) is 0 Å². The summed E-state index contributed by atoms with van der Waals surface area (Å²) in [6, 6.07) is 9.63. The van der Waals surface area contributed by atoms with E-state index >= 15 is 0 Å². The number of carbonyl (C=O) groups is 1. The third-order valence-electron chi connectivity index (χ3n) is 6.78. The molecule has 5 rings (SSSR count). The number of halogens is 2. The summed E-state index contributed by atoms with van der Waals surface area (Å²) in [6.45, 7) is 1.09. The van der Waals surface area contributed by atoms with E-state index in [1.165, 1.54) is 6.07 Å². The molecule has 1 unspecified atom stereocenters. The standard InChI is InChI=1S/C26H27F2N7O/c1-31-25(36)26(30)7-2-9-34(15-26)22-6-4-16(17-3-5-20(27)21(28)13-17)11-18(22)12-19-14-33-24-23(29)32-8-10-35(19)24/h3-6,8,10-11,13-14H,2,7,9,12,15,30H2,1H3,(H2,29,32)(H,31,36). The Bertz CT molecular complexity index is 1450. The Morgan fingerprint density at radius 3 is 2.69 bits per heavy atom. The number of rotatable bonds is 5. The minimum atomic E-state index is -1.01. The molecule has 3 heterocycles. The minimum absolute atomic E-state index is 0.197. The lowest BCUT2D eigenvalue weighted by atomic mass is 9.88. The molecule has 0 saturated carbocycles. The molecular formula is C26H27F2N7O. The number of carbonyl (C=O) groups excluding carboxylic acids is 1. The molecule has 0 spiro atoms. The molecule has 2 aromatic carbocycles. The van der Waals surface area contributed by atoms with Crippen molar-refractivity contribution in [2.45, 2.75) is 24.8 Å². The summed E-state index contributed by atoms with van der Waals surface area (Å²) in [5.74, 6) is -1.67. The van der Waals surface area contributed by atoms with E-state index in [2.05, 4.69) is 20.2 Å². The average Bonchev–Trinajstić information content (AvgIpc) is 3.29. The normalized spacial score (nSPS) is 17.9. The second-order valence-corrected chi connectivity index (χ2v) is 9.17. The molecule has 36 heavy (non-hydrogen) atoms. The number of hydrogen-bond acceptors (Lipinski definition) is 6. The summed E-state index contributed by atoms with van der Waals surface area (Å²) in [5.41, 5.74) is 16.1. The summed E-state index contributed by atoms with van der Waals surface area (Å²) in [5, 5.41) is 2.68. The van der Waals surface area contributed by atoms with Gasteiger partial charge in [0.1, 0.15) is 5.54 Å². The lowest BCUT2D eigenvalue weighted by Crippen LogP contribution is -2.62. The van der Waals surface area contributed by atoms with Gasteiger partial charge in [-0.05, 0) is 53.8 Å². The second kappa shape index (κ2) is 9.19. The van der Waals surface area contributed by atoms with Crippen LogP contribution in [-0.2, 0) is 11.2 Å². The van der Waals surface area contributed by atoms with Crippen LogP contribution >= 0.6 is 0 Å². The summed E-state index contributed by atoms with van der Waals surface area (Å²) in [6.07, 6.45) is 6.98. The van der Waals surface area contributed by atoms with Crippen molar-refractivity contribution in [1.29, 1.82) is 0 Å². The maximum Gasteiger partial charge on any atom is 0.241 e. The first-order valence-corrected chi connectivity index (χ1v) is 11.7. The number of piperidine rings is 1. The van der Waals surface area contributed by atoms with Crippen LogP contribution < -0.4 is 21.7 Å². The van der Waals surface area contributed by atoms with E-state index in [0.29, 0.717) is 36.4 Å². The maximum atomic E-state index is 14.0. The summed E-state index contributed by atoms with van der Waals surface area (Å²) >= 11 is 0. The first-order chi connectivity index (χ1) is 17.3. The van der Waals surface area contributed by atoms with Crippen molar-refractivity contribution in [3.8, 4) is 11.1 Å². The highest BCUT2D eigenvalue weighted by atomic mass is 19.2. The highest BCUT2D eigenvalue weighted by Gasteiger charge is 2.38. The van der Waals surface area contributed by atoms with Crippen LogP contribution in [0.1, 0.15) is 24.1 Å². The molecule has 1 amide bonds. The number of nitrogens with one attached hydrogen (secondary N) is 1. The van der Waals surface area contributed by atoms with Crippen molar-refractivity contribution in [1.82, 2.24) is 19.7 Å². The maximum absolute atomic E-state index is 14.0. The second-order valence-electron chi connectivity index (χ2n) is 9.17. The van der Waals surface area contributed by atoms with Gasteiger partial charge in [-0.2, -0.15) is 0 Å². The fourth-order valence-electron chi connectivity index (χ4n) is 4.93. The van der Waals surface area contributed by atoms with Gasteiger partial charge in [-0.1, -0.05) is 12.1 Å². The van der Waals surface area contributed by atoms with Crippen molar-refractivity contribution in [3.63, 3.8) is 0 Å². The fraction of sp³-hybridized carbons (Fsp3) is 0.269. The van der Waals surface area contributed by atoms with Gasteiger partial charge in [-0.25, -0.2) is 18.7 Å². The number of likely N-dealkylation sites (N-methyl/N-ethyl adjacent to an activating group) is 1. The third kappa shape index (κ3) is 4.24. The van der Waals surface area contributed by atoms with Gasteiger partial charge in [0.05, 0.1) is 0 Å². The van der Waals surface area contributed by atoms with Gasteiger partial charge >= 0.3 is 0 Å². The molecule has 1 aliphatic heterocycles. The van der Waals surface area contributed by atoms with E-state index in [1.807, 2.05) is 22.6 Å². The molecule has 186 valence electrons. The van der Waals surface area contributed by atoms with E-state index in [9.17, 15) is 13.6 Å². The largest absolute Gasteiger partial charge is 0.381 e. The van der Waals surface area contributed by atoms with Crippen molar-refractivity contribution < 1.29 is 13.6 Å². The van der Waals surface area contributed by atoms with E-state index in [4.69, 9.17) is 11.5 Å². The zero-order valence-corrected chi connectivity index (χ0v) is 19.8. The van der Waals surface area contributed by atoms with Crippen LogP contribution in [0.2, 0.25) is 0 Å². The number of fused-ring (bicyclic) bond motifs is 1. The summed E-state index contributed by atoms with van der Waals surface area (Å²) in [4.78, 5) is 23.1. The molecule has 0 aliphatic carbocycles. The summed E-state index contributed by atoms with van der Waals surface area (Å²) < 4.78 is 29.4. The lowest BCUT2D eigenvalue weighted by molar-refractivity contribution is -0.126. The topological polar surface area (TPSA) is 115 Å². The number of hydrogen-bond donors (Lipinski definition) is 3. The predicted octanol–water partition coefficient (Wildman–Crippen LogP) is 2.89. The van der Waals surface area contributed by atoms with E-state index in [-0.39, 0.29) is 5.91 Å². The predicted molar refractivity (Wildman–Crippen MR) is 134 cm³/mol. The number of imidazole rings is 1. The van der Waals surface area contributed by atoms with E-state index in [1.54, 1.807) is 31.7 Å². The van der Waals surface area contributed by atoms with Crippen LogP contribution in [0.5, 0.6) is 0 Å². The van der Waals surface area contributed by atoms with Crippen molar-refractivity contribution >= 4 is 23.1 Å². The number of aromatic nitrogens is 3. The van der Waals surface area contributed by atoms with Gasteiger partial charge in [0.2, 0.25) is 5.91 Å².